The number of piperidine rings is 1. The number of hydrogen-bond donors (Lipinski definition) is 1. The third-order valence-electron chi connectivity index (χ3n) is 6.62. The Balaban J connectivity index is 1.72. The van der Waals surface area contributed by atoms with Gasteiger partial charge in [-0.05, 0) is 49.8 Å². The molecule has 3 aromatic rings. The molecule has 3 heterocycles. The van der Waals surface area contributed by atoms with Crippen LogP contribution in [0.4, 0.5) is 5.69 Å². The van der Waals surface area contributed by atoms with Gasteiger partial charge in [0.1, 0.15) is 0 Å². The van der Waals surface area contributed by atoms with E-state index in [0.717, 1.165) is 67.8 Å². The highest BCUT2D eigenvalue weighted by Gasteiger charge is 2.31. The van der Waals surface area contributed by atoms with Crippen LogP contribution in [0.2, 0.25) is 0 Å². The molecule has 5 rings (SSSR count). The van der Waals surface area contributed by atoms with Crippen molar-refractivity contribution in [3.05, 3.63) is 47.8 Å². The maximum absolute atomic E-state index is 12.0. The molecule has 1 atom stereocenters. The fourth-order valence-corrected chi connectivity index (χ4v) is 4.85. The predicted molar refractivity (Wildman–Crippen MR) is 119 cm³/mol. The lowest BCUT2D eigenvalue weighted by molar-refractivity contribution is 0.0691. The quantitative estimate of drug-likeness (QED) is 0.642. The summed E-state index contributed by atoms with van der Waals surface area (Å²) in [6.45, 7) is 2.47. The zero-order chi connectivity index (χ0) is 21.4. The molecule has 1 saturated carbocycles. The van der Waals surface area contributed by atoms with Gasteiger partial charge in [0, 0.05) is 26.1 Å². The Morgan fingerprint density at radius 2 is 2.00 bits per heavy atom. The first kappa shape index (κ1) is 20.0. The number of aromatic nitrogens is 3. The molecule has 0 radical (unpaired) electrons. The van der Waals surface area contributed by atoms with Gasteiger partial charge in [0.2, 0.25) is 0 Å². The lowest BCUT2D eigenvalue weighted by Gasteiger charge is -2.35. The minimum atomic E-state index is -1.01. The molecule has 162 valence electrons. The van der Waals surface area contributed by atoms with Crippen molar-refractivity contribution in [1.29, 1.82) is 0 Å². The molecule has 2 aliphatic rings. The van der Waals surface area contributed by atoms with Crippen LogP contribution in [0.25, 0.3) is 16.7 Å². The van der Waals surface area contributed by atoms with Crippen LogP contribution in [0.5, 0.6) is 0 Å². The van der Waals surface area contributed by atoms with Crippen LogP contribution in [-0.2, 0) is 4.74 Å². The van der Waals surface area contributed by atoms with Gasteiger partial charge in [-0.2, -0.15) is 5.10 Å². The molecule has 1 aromatic carbocycles. The van der Waals surface area contributed by atoms with E-state index in [9.17, 15) is 9.90 Å². The number of pyridine rings is 1. The first-order chi connectivity index (χ1) is 15.2. The van der Waals surface area contributed by atoms with E-state index in [-0.39, 0.29) is 5.69 Å². The molecule has 7 nitrogen and oxygen atoms in total. The van der Waals surface area contributed by atoms with Crippen LogP contribution < -0.4 is 4.90 Å². The first-order valence-corrected chi connectivity index (χ1v) is 11.1. The molecule has 1 aliphatic carbocycles. The van der Waals surface area contributed by atoms with E-state index >= 15 is 0 Å². The van der Waals surface area contributed by atoms with E-state index in [4.69, 9.17) is 9.84 Å². The summed E-state index contributed by atoms with van der Waals surface area (Å²) in [6, 6.07) is 11.6. The number of carbonyl (C=O) groups is 1. The number of anilines is 1. The smallest absolute Gasteiger partial charge is 0.354 e. The van der Waals surface area contributed by atoms with Gasteiger partial charge in [0.15, 0.2) is 11.3 Å². The molecule has 1 saturated heterocycles. The zero-order valence-corrected chi connectivity index (χ0v) is 17.8. The van der Waals surface area contributed by atoms with E-state index in [1.54, 1.807) is 13.2 Å². The fraction of sp³-hybridized carbons (Fsp3) is 0.458. The highest BCUT2D eigenvalue weighted by molar-refractivity contribution is 5.98. The maximum atomic E-state index is 12.0. The Labute approximate surface area is 181 Å². The first-order valence-electron chi connectivity index (χ1n) is 11.1. The minimum absolute atomic E-state index is 0.0635. The second-order valence-corrected chi connectivity index (χ2v) is 8.70. The summed E-state index contributed by atoms with van der Waals surface area (Å²) < 4.78 is 7.24. The van der Waals surface area contributed by atoms with Gasteiger partial charge in [-0.3, -0.25) is 0 Å². The highest BCUT2D eigenvalue weighted by atomic mass is 16.5. The number of aromatic carboxylic acids is 1. The Morgan fingerprint density at radius 1 is 1.19 bits per heavy atom. The third kappa shape index (κ3) is 3.67. The van der Waals surface area contributed by atoms with Crippen molar-refractivity contribution >= 4 is 22.7 Å². The van der Waals surface area contributed by atoms with E-state index in [1.807, 2.05) is 35.0 Å². The van der Waals surface area contributed by atoms with Crippen molar-refractivity contribution in [3.8, 4) is 5.69 Å². The lowest BCUT2D eigenvalue weighted by atomic mass is 9.82. The molecule has 2 fully saturated rings. The van der Waals surface area contributed by atoms with Gasteiger partial charge in [-0.15, -0.1) is 0 Å². The molecule has 0 bridgehead atoms. The number of para-hydroxylation sites is 1. The average molecular weight is 421 g/mol. The standard InChI is InChI=1S/C24H28N4O3/c1-31-15-16-7-6-12-27(14-16)20-13-19(24(29)30)25-23-21(20)22(17-8-5-9-17)26-28(23)18-10-3-2-4-11-18/h2-4,10-11,13,16-17H,5-9,12,14-15H2,1H3,(H,29,30). The van der Waals surface area contributed by atoms with Crippen molar-refractivity contribution in [2.75, 3.05) is 31.7 Å². The van der Waals surface area contributed by atoms with Crippen molar-refractivity contribution in [3.63, 3.8) is 0 Å². The topological polar surface area (TPSA) is 80.5 Å². The number of ether oxygens (including phenoxy) is 1. The Kier molecular flexibility index (Phi) is 5.36. The van der Waals surface area contributed by atoms with Crippen molar-refractivity contribution in [2.45, 2.75) is 38.0 Å². The number of hydrogen-bond acceptors (Lipinski definition) is 5. The average Bonchev–Trinajstić information content (AvgIpc) is 3.12. The van der Waals surface area contributed by atoms with E-state index in [1.165, 1.54) is 6.42 Å². The van der Waals surface area contributed by atoms with E-state index < -0.39 is 5.97 Å². The van der Waals surface area contributed by atoms with Crippen LogP contribution in [0.15, 0.2) is 36.4 Å². The van der Waals surface area contributed by atoms with Crippen LogP contribution in [0.3, 0.4) is 0 Å². The molecular formula is C24H28N4O3. The summed E-state index contributed by atoms with van der Waals surface area (Å²) in [4.78, 5) is 18.9. The number of carboxylic acid groups (broad SMARTS) is 1. The van der Waals surface area contributed by atoms with Gasteiger partial charge in [-0.1, -0.05) is 24.6 Å². The van der Waals surface area contributed by atoms with Gasteiger partial charge in [0.25, 0.3) is 0 Å². The number of methoxy groups -OCH3 is 1. The fourth-order valence-electron chi connectivity index (χ4n) is 4.85. The van der Waals surface area contributed by atoms with Crippen LogP contribution in [-0.4, -0.2) is 52.6 Å². The molecule has 2 aromatic heterocycles. The molecule has 1 aliphatic heterocycles. The van der Waals surface area contributed by atoms with Crippen LogP contribution >= 0.6 is 0 Å². The molecule has 1 N–H and O–H groups in total. The van der Waals surface area contributed by atoms with Gasteiger partial charge in [0.05, 0.1) is 29.1 Å². The van der Waals surface area contributed by atoms with Crippen molar-refractivity contribution < 1.29 is 14.6 Å². The number of benzene rings is 1. The van der Waals surface area contributed by atoms with E-state index in [0.29, 0.717) is 17.5 Å². The second-order valence-electron chi connectivity index (χ2n) is 8.70. The number of fused-ring (bicyclic) bond motifs is 1. The summed E-state index contributed by atoms with van der Waals surface area (Å²) in [5, 5.41) is 15.8. The van der Waals surface area contributed by atoms with Gasteiger partial charge >= 0.3 is 5.97 Å². The van der Waals surface area contributed by atoms with Gasteiger partial charge in [-0.25, -0.2) is 14.5 Å². The number of nitrogens with zero attached hydrogens (tertiary/aromatic N) is 4. The Morgan fingerprint density at radius 3 is 2.68 bits per heavy atom. The Bertz CT molecular complexity index is 1090. The Hall–Kier alpha value is -2.93. The normalized spacial score (nSPS) is 19.5. The molecule has 7 heteroatoms. The molecule has 31 heavy (non-hydrogen) atoms. The van der Waals surface area contributed by atoms with Crippen LogP contribution in [0, 0.1) is 5.92 Å². The summed E-state index contributed by atoms with van der Waals surface area (Å²) in [5.41, 5.74) is 3.60. The summed E-state index contributed by atoms with van der Waals surface area (Å²) in [7, 11) is 1.74. The van der Waals surface area contributed by atoms with Crippen molar-refractivity contribution in [2.24, 2.45) is 5.92 Å². The third-order valence-corrected chi connectivity index (χ3v) is 6.62. The molecular weight excluding hydrogens is 392 g/mol. The lowest BCUT2D eigenvalue weighted by Crippen LogP contribution is -2.37. The maximum Gasteiger partial charge on any atom is 0.354 e. The molecule has 0 spiro atoms. The summed E-state index contributed by atoms with van der Waals surface area (Å²) in [5.74, 6) is -0.172. The second kappa shape index (κ2) is 8.30. The highest BCUT2D eigenvalue weighted by Crippen LogP contribution is 2.43. The van der Waals surface area contributed by atoms with Crippen LogP contribution in [0.1, 0.15) is 54.2 Å². The predicted octanol–water partition coefficient (Wildman–Crippen LogP) is 4.25. The monoisotopic (exact) mass is 420 g/mol. The number of rotatable bonds is 6. The van der Waals surface area contributed by atoms with Crippen molar-refractivity contribution in [1.82, 2.24) is 14.8 Å². The zero-order valence-electron chi connectivity index (χ0n) is 17.8. The molecule has 1 unspecified atom stereocenters. The summed E-state index contributed by atoms with van der Waals surface area (Å²) in [6.07, 6.45) is 5.63. The van der Waals surface area contributed by atoms with Gasteiger partial charge < -0.3 is 14.7 Å². The largest absolute Gasteiger partial charge is 0.477 e. The summed E-state index contributed by atoms with van der Waals surface area (Å²) >= 11 is 0. The van der Waals surface area contributed by atoms with E-state index in [2.05, 4.69) is 9.88 Å². The SMILES string of the molecule is COCC1CCCN(c2cc(C(=O)O)nc3c2c(C2CCC2)nn3-c2ccccc2)C1. The molecule has 0 amide bonds. The number of carboxylic acids is 1. The minimum Gasteiger partial charge on any atom is -0.477 e.